The van der Waals surface area contributed by atoms with Crippen LogP contribution in [0.15, 0.2) is 22.7 Å². The van der Waals surface area contributed by atoms with E-state index in [2.05, 4.69) is 15.9 Å². The Hall–Kier alpha value is -0.870. The molecule has 0 aliphatic heterocycles. The van der Waals surface area contributed by atoms with Crippen molar-refractivity contribution in [1.82, 2.24) is 0 Å². The first-order chi connectivity index (χ1) is 9.61. The van der Waals surface area contributed by atoms with Gasteiger partial charge in [-0.05, 0) is 36.6 Å². The molecule has 0 heterocycles. The summed E-state index contributed by atoms with van der Waals surface area (Å²) in [6.45, 7) is 0.466. The third-order valence-corrected chi connectivity index (χ3v) is 5.17. The van der Waals surface area contributed by atoms with Crippen molar-refractivity contribution in [3.63, 3.8) is 0 Å². The molecule has 110 valence electrons. The lowest BCUT2D eigenvalue weighted by Gasteiger charge is -2.34. The van der Waals surface area contributed by atoms with Gasteiger partial charge in [0, 0.05) is 22.9 Å². The lowest BCUT2D eigenvalue weighted by molar-refractivity contribution is -0.129. The van der Waals surface area contributed by atoms with E-state index in [1.54, 1.807) is 7.11 Å². The molecule has 1 fully saturated rings. The molecule has 0 radical (unpaired) electrons. The fraction of sp³-hybridized carbons (Fsp3) is 0.562. The van der Waals surface area contributed by atoms with Gasteiger partial charge in [0.15, 0.2) is 0 Å². The second kappa shape index (κ2) is 6.72. The zero-order valence-corrected chi connectivity index (χ0v) is 13.5. The summed E-state index contributed by atoms with van der Waals surface area (Å²) in [6.07, 6.45) is 5.74. The summed E-state index contributed by atoms with van der Waals surface area (Å²) in [5, 5.41) is 0. The molecule has 1 aromatic carbocycles. The molecule has 0 amide bonds. The first-order valence-electron chi connectivity index (χ1n) is 7.17. The van der Waals surface area contributed by atoms with Crippen LogP contribution in [0.4, 0.5) is 0 Å². The van der Waals surface area contributed by atoms with Crippen molar-refractivity contribution >= 4 is 21.7 Å². The molecule has 20 heavy (non-hydrogen) atoms. The minimum absolute atomic E-state index is 0.272. The summed E-state index contributed by atoms with van der Waals surface area (Å²) in [7, 11) is 1.64. The molecule has 1 aromatic rings. The Kier molecular flexibility index (Phi) is 5.22. The third-order valence-electron chi connectivity index (χ3n) is 4.40. The van der Waals surface area contributed by atoms with Crippen LogP contribution in [0.2, 0.25) is 0 Å². The number of rotatable bonds is 5. The van der Waals surface area contributed by atoms with E-state index >= 15 is 0 Å². The summed E-state index contributed by atoms with van der Waals surface area (Å²) in [5.74, 6) is 1.05. The molecule has 0 aromatic heterocycles. The maximum atomic E-state index is 12.7. The number of halogens is 1. The van der Waals surface area contributed by atoms with E-state index < -0.39 is 0 Å². The number of benzene rings is 1. The average molecular weight is 340 g/mol. The SMILES string of the molecule is COc1ccc(Br)c(CC(=O)C2(CN)CCCCC2)c1. The number of ketones is 1. The highest BCUT2D eigenvalue weighted by atomic mass is 79.9. The summed E-state index contributed by atoms with van der Waals surface area (Å²) in [5.41, 5.74) is 6.60. The number of methoxy groups -OCH3 is 1. The minimum Gasteiger partial charge on any atom is -0.497 e. The second-order valence-corrected chi connectivity index (χ2v) is 6.46. The molecule has 0 atom stereocenters. The molecule has 4 heteroatoms. The number of Topliss-reactive ketones (excluding diaryl/α,β-unsaturated/α-hetero) is 1. The molecule has 2 N–H and O–H groups in total. The summed E-state index contributed by atoms with van der Waals surface area (Å²) < 4.78 is 6.18. The monoisotopic (exact) mass is 339 g/mol. The van der Waals surface area contributed by atoms with E-state index in [4.69, 9.17) is 10.5 Å². The van der Waals surface area contributed by atoms with Gasteiger partial charge in [-0.3, -0.25) is 4.79 Å². The number of carbonyl (C=O) groups excluding carboxylic acids is 1. The van der Waals surface area contributed by atoms with Crippen molar-refractivity contribution in [2.75, 3.05) is 13.7 Å². The van der Waals surface area contributed by atoms with E-state index in [9.17, 15) is 4.79 Å². The van der Waals surface area contributed by atoms with E-state index in [0.29, 0.717) is 13.0 Å². The van der Waals surface area contributed by atoms with E-state index in [1.807, 2.05) is 18.2 Å². The van der Waals surface area contributed by atoms with Gasteiger partial charge in [-0.2, -0.15) is 0 Å². The van der Waals surface area contributed by atoms with Gasteiger partial charge in [-0.1, -0.05) is 35.2 Å². The maximum absolute atomic E-state index is 12.7. The quantitative estimate of drug-likeness (QED) is 0.893. The zero-order chi connectivity index (χ0) is 14.6. The smallest absolute Gasteiger partial charge is 0.144 e. The molecular weight excluding hydrogens is 318 g/mol. The Morgan fingerprint density at radius 2 is 2.05 bits per heavy atom. The molecule has 1 aliphatic carbocycles. The Balaban J connectivity index is 2.18. The van der Waals surface area contributed by atoms with Crippen LogP contribution >= 0.6 is 15.9 Å². The fourth-order valence-corrected chi connectivity index (χ4v) is 3.39. The average Bonchev–Trinajstić information content (AvgIpc) is 2.50. The van der Waals surface area contributed by atoms with Crippen LogP contribution in [0.3, 0.4) is 0 Å². The van der Waals surface area contributed by atoms with Crippen molar-refractivity contribution in [2.45, 2.75) is 38.5 Å². The van der Waals surface area contributed by atoms with E-state index in [-0.39, 0.29) is 11.2 Å². The van der Waals surface area contributed by atoms with E-state index in [1.165, 1.54) is 6.42 Å². The standard InChI is InChI=1S/C16H22BrNO2/c1-20-13-5-6-14(17)12(9-13)10-15(19)16(11-18)7-3-2-4-8-16/h5-6,9H,2-4,7-8,10-11,18H2,1H3. The van der Waals surface area contributed by atoms with Crippen molar-refractivity contribution in [2.24, 2.45) is 11.1 Å². The number of hydrogen-bond donors (Lipinski definition) is 1. The van der Waals surface area contributed by atoms with Crippen molar-refractivity contribution < 1.29 is 9.53 Å². The highest BCUT2D eigenvalue weighted by molar-refractivity contribution is 9.10. The molecule has 3 nitrogen and oxygen atoms in total. The molecule has 2 rings (SSSR count). The Morgan fingerprint density at radius 1 is 1.35 bits per heavy atom. The van der Waals surface area contributed by atoms with Crippen LogP contribution < -0.4 is 10.5 Å². The van der Waals surface area contributed by atoms with Crippen LogP contribution in [0.5, 0.6) is 5.75 Å². The Labute approximate surface area is 129 Å². The highest BCUT2D eigenvalue weighted by Crippen LogP contribution is 2.37. The second-order valence-electron chi connectivity index (χ2n) is 5.60. The zero-order valence-electron chi connectivity index (χ0n) is 12.0. The molecule has 0 bridgehead atoms. The summed E-state index contributed by atoms with van der Waals surface area (Å²) in [4.78, 5) is 12.7. The van der Waals surface area contributed by atoms with Gasteiger partial charge in [-0.15, -0.1) is 0 Å². The first kappa shape index (κ1) is 15.5. The third kappa shape index (κ3) is 3.23. The number of carbonyl (C=O) groups is 1. The van der Waals surface area contributed by atoms with Crippen molar-refractivity contribution in [3.8, 4) is 5.75 Å². The van der Waals surface area contributed by atoms with E-state index in [0.717, 1.165) is 41.5 Å². The van der Waals surface area contributed by atoms with Gasteiger partial charge in [0.05, 0.1) is 7.11 Å². The maximum Gasteiger partial charge on any atom is 0.144 e. The number of ether oxygens (including phenoxy) is 1. The molecule has 0 unspecified atom stereocenters. The van der Waals surface area contributed by atoms with Gasteiger partial charge in [-0.25, -0.2) is 0 Å². The van der Waals surface area contributed by atoms with Crippen LogP contribution in [-0.2, 0) is 11.2 Å². The topological polar surface area (TPSA) is 52.3 Å². The van der Waals surface area contributed by atoms with Crippen molar-refractivity contribution in [3.05, 3.63) is 28.2 Å². The lowest BCUT2D eigenvalue weighted by Crippen LogP contribution is -2.41. The van der Waals surface area contributed by atoms with Crippen molar-refractivity contribution in [1.29, 1.82) is 0 Å². The van der Waals surface area contributed by atoms with Gasteiger partial charge < -0.3 is 10.5 Å². The largest absolute Gasteiger partial charge is 0.497 e. The highest BCUT2D eigenvalue weighted by Gasteiger charge is 2.37. The number of nitrogens with two attached hydrogens (primary N) is 1. The first-order valence-corrected chi connectivity index (χ1v) is 7.96. The molecule has 0 spiro atoms. The molecular formula is C16H22BrNO2. The van der Waals surface area contributed by atoms with Crippen LogP contribution in [0.1, 0.15) is 37.7 Å². The van der Waals surface area contributed by atoms with Crippen LogP contribution in [0, 0.1) is 5.41 Å². The Morgan fingerprint density at radius 3 is 2.65 bits per heavy atom. The summed E-state index contributed by atoms with van der Waals surface area (Å²) >= 11 is 3.51. The van der Waals surface area contributed by atoms with Crippen LogP contribution in [0.25, 0.3) is 0 Å². The predicted octanol–water partition coefficient (Wildman–Crippen LogP) is 3.48. The van der Waals surface area contributed by atoms with Gasteiger partial charge >= 0.3 is 0 Å². The summed E-state index contributed by atoms with van der Waals surface area (Å²) in [6, 6.07) is 5.74. The fourth-order valence-electron chi connectivity index (χ4n) is 3.00. The predicted molar refractivity (Wildman–Crippen MR) is 84.0 cm³/mol. The van der Waals surface area contributed by atoms with Gasteiger partial charge in [0.1, 0.15) is 11.5 Å². The normalized spacial score (nSPS) is 17.8. The molecule has 0 saturated heterocycles. The Bertz CT molecular complexity index is 481. The van der Waals surface area contributed by atoms with Gasteiger partial charge in [0.25, 0.3) is 0 Å². The molecule has 1 aliphatic rings. The van der Waals surface area contributed by atoms with Gasteiger partial charge in [0.2, 0.25) is 0 Å². The minimum atomic E-state index is -0.305. The number of hydrogen-bond acceptors (Lipinski definition) is 3. The van der Waals surface area contributed by atoms with Crippen LogP contribution in [-0.4, -0.2) is 19.4 Å². The molecule has 1 saturated carbocycles. The lowest BCUT2D eigenvalue weighted by atomic mass is 9.70.